The second-order valence-electron chi connectivity index (χ2n) is 5.84. The molecule has 3 N–H and O–H groups in total. The largest absolute Gasteiger partial charge is 0.389 e. The zero-order valence-electron chi connectivity index (χ0n) is 12.3. The summed E-state index contributed by atoms with van der Waals surface area (Å²) in [5.74, 6) is 0.759. The number of hydrogen-bond acceptors (Lipinski definition) is 5. The number of fused-ring (bicyclic) bond motifs is 1. The van der Waals surface area contributed by atoms with Crippen LogP contribution in [-0.2, 0) is 4.74 Å². The van der Waals surface area contributed by atoms with Gasteiger partial charge in [-0.25, -0.2) is 4.98 Å². The summed E-state index contributed by atoms with van der Waals surface area (Å²) in [4.78, 5) is 7.28. The summed E-state index contributed by atoms with van der Waals surface area (Å²) in [7, 11) is 0. The van der Waals surface area contributed by atoms with Crippen molar-refractivity contribution in [3.8, 4) is 0 Å². The van der Waals surface area contributed by atoms with Gasteiger partial charge in [-0.15, -0.1) is 0 Å². The van der Waals surface area contributed by atoms with Gasteiger partial charge in [0.25, 0.3) is 0 Å². The maximum atomic E-state index is 5.95. The standard InChI is InChI=1S/C15H22N4OS/c1-10-4-5-17-15(13(10)14(16)21)18-7-12-8-19-6-2-3-11(19)9-20-12/h4-5,11-12H,2-3,6-9H2,1H3,(H2,16,21)(H,17,18). The Bertz CT molecular complexity index is 536. The van der Waals surface area contributed by atoms with Crippen LogP contribution in [0.3, 0.4) is 0 Å². The van der Waals surface area contributed by atoms with E-state index in [1.165, 1.54) is 19.4 Å². The first kappa shape index (κ1) is 14.7. The summed E-state index contributed by atoms with van der Waals surface area (Å²) >= 11 is 5.13. The van der Waals surface area contributed by atoms with Gasteiger partial charge in [-0.05, 0) is 37.9 Å². The van der Waals surface area contributed by atoms with Crippen molar-refractivity contribution in [2.24, 2.45) is 5.73 Å². The molecule has 6 heteroatoms. The monoisotopic (exact) mass is 306 g/mol. The average molecular weight is 306 g/mol. The number of aromatic nitrogens is 1. The van der Waals surface area contributed by atoms with E-state index in [4.69, 9.17) is 22.7 Å². The Balaban J connectivity index is 1.63. The quantitative estimate of drug-likeness (QED) is 0.818. The van der Waals surface area contributed by atoms with Crippen LogP contribution in [-0.4, -0.2) is 53.3 Å². The Labute approximate surface area is 130 Å². The van der Waals surface area contributed by atoms with Crippen LogP contribution in [0.5, 0.6) is 0 Å². The van der Waals surface area contributed by atoms with Gasteiger partial charge in [-0.1, -0.05) is 12.2 Å². The highest BCUT2D eigenvalue weighted by Gasteiger charge is 2.32. The first-order valence-corrected chi connectivity index (χ1v) is 7.91. The minimum absolute atomic E-state index is 0.195. The van der Waals surface area contributed by atoms with Crippen LogP contribution in [0.4, 0.5) is 5.82 Å². The third-order valence-electron chi connectivity index (χ3n) is 4.36. The zero-order valence-corrected chi connectivity index (χ0v) is 13.2. The normalized spacial score (nSPS) is 25.6. The maximum Gasteiger partial charge on any atom is 0.136 e. The van der Waals surface area contributed by atoms with Crippen LogP contribution in [0, 0.1) is 6.92 Å². The number of nitrogens with two attached hydrogens (primary N) is 1. The highest BCUT2D eigenvalue weighted by atomic mass is 32.1. The third kappa shape index (κ3) is 3.17. The molecule has 0 bridgehead atoms. The minimum Gasteiger partial charge on any atom is -0.389 e. The predicted octanol–water partition coefficient (Wildman–Crippen LogP) is 1.30. The van der Waals surface area contributed by atoms with Crippen molar-refractivity contribution in [2.45, 2.75) is 31.9 Å². The number of anilines is 1. The van der Waals surface area contributed by atoms with Gasteiger partial charge in [-0.2, -0.15) is 0 Å². The van der Waals surface area contributed by atoms with E-state index in [0.717, 1.165) is 36.6 Å². The number of nitrogens with one attached hydrogen (secondary N) is 1. The molecular formula is C15H22N4OS. The number of hydrogen-bond donors (Lipinski definition) is 2. The fraction of sp³-hybridized carbons (Fsp3) is 0.600. The van der Waals surface area contributed by atoms with Crippen LogP contribution in [0.2, 0.25) is 0 Å². The van der Waals surface area contributed by atoms with Gasteiger partial charge >= 0.3 is 0 Å². The molecule has 2 saturated heterocycles. The second kappa shape index (κ2) is 6.25. The number of ether oxygens (including phenoxy) is 1. The molecule has 2 unspecified atom stereocenters. The lowest BCUT2D eigenvalue weighted by Crippen LogP contribution is -2.48. The molecule has 114 valence electrons. The van der Waals surface area contributed by atoms with Gasteiger partial charge < -0.3 is 15.8 Å². The predicted molar refractivity (Wildman–Crippen MR) is 87.7 cm³/mol. The lowest BCUT2D eigenvalue weighted by molar-refractivity contribution is -0.0416. The number of rotatable bonds is 4. The van der Waals surface area contributed by atoms with Crippen molar-refractivity contribution >= 4 is 23.0 Å². The Morgan fingerprint density at radius 1 is 1.62 bits per heavy atom. The molecule has 0 radical (unpaired) electrons. The molecule has 0 saturated carbocycles. The number of aryl methyl sites for hydroxylation is 1. The fourth-order valence-corrected chi connectivity index (χ4v) is 3.48. The molecule has 2 fully saturated rings. The molecule has 1 aromatic rings. The number of morpholine rings is 1. The van der Waals surface area contributed by atoms with E-state index in [-0.39, 0.29) is 6.10 Å². The summed E-state index contributed by atoms with van der Waals surface area (Å²) in [6.45, 7) is 5.76. The topological polar surface area (TPSA) is 63.4 Å². The van der Waals surface area contributed by atoms with E-state index in [2.05, 4.69) is 15.2 Å². The van der Waals surface area contributed by atoms with Crippen LogP contribution in [0.1, 0.15) is 24.0 Å². The third-order valence-corrected chi connectivity index (χ3v) is 4.57. The summed E-state index contributed by atoms with van der Waals surface area (Å²) in [5.41, 5.74) is 7.69. The van der Waals surface area contributed by atoms with Crippen LogP contribution in [0.25, 0.3) is 0 Å². The summed E-state index contributed by atoms with van der Waals surface area (Å²) in [6.07, 6.45) is 4.53. The maximum absolute atomic E-state index is 5.95. The molecule has 3 rings (SSSR count). The van der Waals surface area contributed by atoms with E-state index in [0.29, 0.717) is 11.0 Å². The highest BCUT2D eigenvalue weighted by Crippen LogP contribution is 2.23. The molecule has 21 heavy (non-hydrogen) atoms. The van der Waals surface area contributed by atoms with Crippen molar-refractivity contribution in [2.75, 3.05) is 31.6 Å². The molecule has 0 amide bonds. The lowest BCUT2D eigenvalue weighted by atomic mass is 10.1. The van der Waals surface area contributed by atoms with Crippen LogP contribution in [0.15, 0.2) is 12.3 Å². The molecule has 0 spiro atoms. The SMILES string of the molecule is Cc1ccnc(NCC2CN3CCCC3CO2)c1C(N)=S. The number of thiocarbonyl (C=S) groups is 1. The second-order valence-corrected chi connectivity index (χ2v) is 6.28. The molecular weight excluding hydrogens is 284 g/mol. The molecule has 0 aromatic carbocycles. The Kier molecular flexibility index (Phi) is 4.37. The van der Waals surface area contributed by atoms with Crippen molar-refractivity contribution in [1.82, 2.24) is 9.88 Å². The van der Waals surface area contributed by atoms with E-state index in [1.807, 2.05) is 13.0 Å². The molecule has 2 aliphatic heterocycles. The fourth-order valence-electron chi connectivity index (χ4n) is 3.22. The van der Waals surface area contributed by atoms with E-state index >= 15 is 0 Å². The molecule has 5 nitrogen and oxygen atoms in total. The summed E-state index contributed by atoms with van der Waals surface area (Å²) < 4.78 is 5.95. The Morgan fingerprint density at radius 3 is 3.29 bits per heavy atom. The van der Waals surface area contributed by atoms with E-state index in [9.17, 15) is 0 Å². The van der Waals surface area contributed by atoms with Crippen LogP contribution >= 0.6 is 12.2 Å². The average Bonchev–Trinajstić information content (AvgIpc) is 2.92. The van der Waals surface area contributed by atoms with Crippen LogP contribution < -0.4 is 11.1 Å². The minimum atomic E-state index is 0.195. The zero-order chi connectivity index (χ0) is 14.8. The smallest absolute Gasteiger partial charge is 0.136 e. The first-order valence-electron chi connectivity index (χ1n) is 7.50. The summed E-state index contributed by atoms with van der Waals surface area (Å²) in [5, 5.41) is 3.35. The highest BCUT2D eigenvalue weighted by molar-refractivity contribution is 7.80. The van der Waals surface area contributed by atoms with E-state index in [1.54, 1.807) is 6.20 Å². The molecule has 2 atom stereocenters. The molecule has 0 aliphatic carbocycles. The molecule has 2 aliphatic rings. The van der Waals surface area contributed by atoms with Gasteiger partial charge in [0.2, 0.25) is 0 Å². The van der Waals surface area contributed by atoms with Gasteiger partial charge in [-0.3, -0.25) is 4.90 Å². The lowest BCUT2D eigenvalue weighted by Gasteiger charge is -2.35. The Morgan fingerprint density at radius 2 is 2.48 bits per heavy atom. The molecule has 1 aromatic heterocycles. The Hall–Kier alpha value is -1.24. The van der Waals surface area contributed by atoms with Gasteiger partial charge in [0.15, 0.2) is 0 Å². The van der Waals surface area contributed by atoms with Crippen molar-refractivity contribution in [1.29, 1.82) is 0 Å². The van der Waals surface area contributed by atoms with Gasteiger partial charge in [0, 0.05) is 25.3 Å². The van der Waals surface area contributed by atoms with Crippen molar-refractivity contribution in [3.05, 3.63) is 23.4 Å². The van der Waals surface area contributed by atoms with E-state index < -0.39 is 0 Å². The van der Waals surface area contributed by atoms with Gasteiger partial charge in [0.1, 0.15) is 10.8 Å². The number of pyridine rings is 1. The van der Waals surface area contributed by atoms with Crippen molar-refractivity contribution in [3.63, 3.8) is 0 Å². The number of nitrogens with zero attached hydrogens (tertiary/aromatic N) is 2. The van der Waals surface area contributed by atoms with Crippen molar-refractivity contribution < 1.29 is 4.74 Å². The summed E-state index contributed by atoms with van der Waals surface area (Å²) in [6, 6.07) is 2.55. The molecule has 3 heterocycles. The first-order chi connectivity index (χ1) is 10.1. The van der Waals surface area contributed by atoms with Gasteiger partial charge in [0.05, 0.1) is 18.3 Å².